The summed E-state index contributed by atoms with van der Waals surface area (Å²) in [6.45, 7) is 3.33. The van der Waals surface area contributed by atoms with E-state index in [4.69, 9.17) is 0 Å². The van der Waals surface area contributed by atoms with Crippen molar-refractivity contribution in [2.45, 2.75) is 20.3 Å². The van der Waals surface area contributed by atoms with Crippen molar-refractivity contribution in [2.24, 2.45) is 0 Å². The molecule has 13 heavy (non-hydrogen) atoms. The quantitative estimate of drug-likeness (QED) is 0.730. The number of ketones is 1. The standard InChI is InChI=1S/C10H10BrFO/c1-3-7-4-8(6(2)13)5-9(11)10(7)12/h4-5H,3H2,1-2H3. The maximum Gasteiger partial charge on any atom is 0.159 e. The number of hydrogen-bond donors (Lipinski definition) is 0. The molecule has 0 aliphatic heterocycles. The SMILES string of the molecule is CCc1cc(C(C)=O)cc(Br)c1F. The van der Waals surface area contributed by atoms with Crippen LogP contribution in [-0.2, 0) is 6.42 Å². The number of benzene rings is 1. The van der Waals surface area contributed by atoms with Crippen LogP contribution in [0.25, 0.3) is 0 Å². The molecule has 1 rings (SSSR count). The van der Waals surface area contributed by atoms with E-state index in [9.17, 15) is 9.18 Å². The highest BCUT2D eigenvalue weighted by Gasteiger charge is 2.09. The topological polar surface area (TPSA) is 17.1 Å². The first-order chi connectivity index (χ1) is 6.06. The first-order valence-corrected chi connectivity index (χ1v) is 4.84. The van der Waals surface area contributed by atoms with Crippen LogP contribution in [0.2, 0.25) is 0 Å². The summed E-state index contributed by atoms with van der Waals surface area (Å²) in [6, 6.07) is 3.11. The van der Waals surface area contributed by atoms with Gasteiger partial charge >= 0.3 is 0 Å². The molecule has 0 aliphatic carbocycles. The van der Waals surface area contributed by atoms with Gasteiger partial charge in [0.25, 0.3) is 0 Å². The molecule has 0 saturated heterocycles. The third-order valence-corrected chi connectivity index (χ3v) is 2.47. The Labute approximate surface area is 85.1 Å². The van der Waals surface area contributed by atoms with Crippen LogP contribution in [0, 0.1) is 5.82 Å². The van der Waals surface area contributed by atoms with Gasteiger partial charge in [0.2, 0.25) is 0 Å². The van der Waals surface area contributed by atoms with Gasteiger partial charge in [0.05, 0.1) is 4.47 Å². The van der Waals surface area contributed by atoms with Crippen LogP contribution in [-0.4, -0.2) is 5.78 Å². The predicted molar refractivity (Wildman–Crippen MR) is 53.5 cm³/mol. The number of halogens is 2. The summed E-state index contributed by atoms with van der Waals surface area (Å²) in [5.41, 5.74) is 1.12. The Kier molecular flexibility index (Phi) is 3.20. The average Bonchev–Trinajstić information content (AvgIpc) is 2.09. The highest BCUT2D eigenvalue weighted by Crippen LogP contribution is 2.22. The summed E-state index contributed by atoms with van der Waals surface area (Å²) in [7, 11) is 0. The number of aryl methyl sites for hydroxylation is 1. The molecule has 0 amide bonds. The van der Waals surface area contributed by atoms with E-state index in [1.165, 1.54) is 13.0 Å². The lowest BCUT2D eigenvalue weighted by atomic mass is 10.1. The Hall–Kier alpha value is -0.700. The normalized spacial score (nSPS) is 10.2. The van der Waals surface area contributed by atoms with Crippen LogP contribution in [0.1, 0.15) is 29.8 Å². The van der Waals surface area contributed by atoms with E-state index in [2.05, 4.69) is 15.9 Å². The molecule has 0 aliphatic rings. The third kappa shape index (κ3) is 2.15. The van der Waals surface area contributed by atoms with E-state index >= 15 is 0 Å². The second-order valence-corrected chi connectivity index (χ2v) is 3.70. The van der Waals surface area contributed by atoms with E-state index in [0.717, 1.165) is 0 Å². The van der Waals surface area contributed by atoms with E-state index in [1.807, 2.05) is 6.92 Å². The van der Waals surface area contributed by atoms with Gasteiger partial charge in [-0.3, -0.25) is 4.79 Å². The van der Waals surface area contributed by atoms with Crippen molar-refractivity contribution in [1.29, 1.82) is 0 Å². The fourth-order valence-electron chi connectivity index (χ4n) is 1.11. The van der Waals surface area contributed by atoms with Gasteiger partial charge in [-0.2, -0.15) is 0 Å². The largest absolute Gasteiger partial charge is 0.295 e. The third-order valence-electron chi connectivity index (χ3n) is 1.89. The van der Waals surface area contributed by atoms with Crippen LogP contribution in [0.5, 0.6) is 0 Å². The number of carbonyl (C=O) groups excluding carboxylic acids is 1. The summed E-state index contributed by atoms with van der Waals surface area (Å²) in [5, 5.41) is 0. The molecule has 70 valence electrons. The zero-order chi connectivity index (χ0) is 10.0. The monoisotopic (exact) mass is 244 g/mol. The summed E-state index contributed by atoms with van der Waals surface area (Å²) in [6.07, 6.45) is 0.589. The maximum absolute atomic E-state index is 13.3. The lowest BCUT2D eigenvalue weighted by Crippen LogP contribution is -1.97. The van der Waals surface area contributed by atoms with Crippen molar-refractivity contribution >= 4 is 21.7 Å². The van der Waals surface area contributed by atoms with Crippen molar-refractivity contribution in [3.05, 3.63) is 33.5 Å². The van der Waals surface area contributed by atoms with Crippen LogP contribution >= 0.6 is 15.9 Å². The van der Waals surface area contributed by atoms with Gasteiger partial charge < -0.3 is 0 Å². The second kappa shape index (κ2) is 4.01. The predicted octanol–water partition coefficient (Wildman–Crippen LogP) is 3.35. The highest BCUT2D eigenvalue weighted by atomic mass is 79.9. The molecule has 0 aromatic heterocycles. The molecule has 0 bridgehead atoms. The molecule has 1 nitrogen and oxygen atoms in total. The Morgan fingerprint density at radius 1 is 1.54 bits per heavy atom. The molecule has 0 radical (unpaired) electrons. The van der Waals surface area contributed by atoms with Gasteiger partial charge in [-0.05, 0) is 47.0 Å². The summed E-state index contributed by atoms with van der Waals surface area (Å²) >= 11 is 3.08. The molecule has 3 heteroatoms. The molecule has 1 aromatic carbocycles. The molecular formula is C10H10BrFO. The van der Waals surface area contributed by atoms with E-state index < -0.39 is 0 Å². The number of Topliss-reactive ketones (excluding diaryl/α,β-unsaturated/α-hetero) is 1. The average molecular weight is 245 g/mol. The minimum atomic E-state index is -0.271. The molecule has 0 heterocycles. The van der Waals surface area contributed by atoms with Crippen molar-refractivity contribution in [1.82, 2.24) is 0 Å². The lowest BCUT2D eigenvalue weighted by Gasteiger charge is -2.04. The first-order valence-electron chi connectivity index (χ1n) is 4.05. The molecule has 0 atom stereocenters. The van der Waals surface area contributed by atoms with Gasteiger partial charge in [-0.25, -0.2) is 4.39 Å². The second-order valence-electron chi connectivity index (χ2n) is 2.84. The Balaban J connectivity index is 3.30. The fraction of sp³-hybridized carbons (Fsp3) is 0.300. The molecule has 1 aromatic rings. The molecule has 0 N–H and O–H groups in total. The first kappa shape index (κ1) is 10.4. The van der Waals surface area contributed by atoms with Crippen molar-refractivity contribution in [3.8, 4) is 0 Å². The highest BCUT2D eigenvalue weighted by molar-refractivity contribution is 9.10. The Morgan fingerprint density at radius 3 is 2.62 bits per heavy atom. The Bertz CT molecular complexity index is 347. The minimum Gasteiger partial charge on any atom is -0.295 e. The minimum absolute atomic E-state index is 0.0459. The van der Waals surface area contributed by atoms with E-state index in [-0.39, 0.29) is 11.6 Å². The Morgan fingerprint density at radius 2 is 2.15 bits per heavy atom. The summed E-state index contributed by atoms with van der Waals surface area (Å²) < 4.78 is 13.6. The number of carbonyl (C=O) groups is 1. The zero-order valence-electron chi connectivity index (χ0n) is 7.53. The van der Waals surface area contributed by atoms with Gasteiger partial charge in [0, 0.05) is 5.56 Å². The smallest absolute Gasteiger partial charge is 0.159 e. The van der Waals surface area contributed by atoms with Crippen molar-refractivity contribution in [2.75, 3.05) is 0 Å². The zero-order valence-corrected chi connectivity index (χ0v) is 9.11. The van der Waals surface area contributed by atoms with Gasteiger partial charge in [0.1, 0.15) is 5.82 Å². The molecule has 0 saturated carbocycles. The summed E-state index contributed by atoms with van der Waals surface area (Å²) in [5.74, 6) is -0.317. The van der Waals surface area contributed by atoms with Gasteiger partial charge in [-0.15, -0.1) is 0 Å². The molecule has 0 unspecified atom stereocenters. The van der Waals surface area contributed by atoms with Crippen molar-refractivity contribution in [3.63, 3.8) is 0 Å². The number of rotatable bonds is 2. The molecule has 0 spiro atoms. The van der Waals surface area contributed by atoms with Gasteiger partial charge in [0.15, 0.2) is 5.78 Å². The van der Waals surface area contributed by atoms with E-state index in [1.54, 1.807) is 6.07 Å². The number of hydrogen-bond acceptors (Lipinski definition) is 1. The lowest BCUT2D eigenvalue weighted by molar-refractivity contribution is 0.101. The molecular weight excluding hydrogens is 235 g/mol. The van der Waals surface area contributed by atoms with Crippen LogP contribution in [0.3, 0.4) is 0 Å². The fourth-order valence-corrected chi connectivity index (χ4v) is 1.61. The van der Waals surface area contributed by atoms with Gasteiger partial charge in [-0.1, -0.05) is 6.92 Å². The molecule has 0 fully saturated rings. The van der Waals surface area contributed by atoms with Crippen LogP contribution in [0.4, 0.5) is 4.39 Å². The maximum atomic E-state index is 13.3. The van der Waals surface area contributed by atoms with Crippen molar-refractivity contribution < 1.29 is 9.18 Å². The van der Waals surface area contributed by atoms with E-state index in [0.29, 0.717) is 22.0 Å². The van der Waals surface area contributed by atoms with Crippen LogP contribution in [0.15, 0.2) is 16.6 Å². The van der Waals surface area contributed by atoms with Crippen LogP contribution < -0.4 is 0 Å². The summed E-state index contributed by atoms with van der Waals surface area (Å²) in [4.78, 5) is 11.0.